The van der Waals surface area contributed by atoms with Crippen molar-refractivity contribution in [3.05, 3.63) is 139 Å². The van der Waals surface area contributed by atoms with E-state index in [1.54, 1.807) is 41.1 Å². The number of fused-ring (bicyclic) bond motifs is 1. The van der Waals surface area contributed by atoms with Crippen molar-refractivity contribution in [1.29, 1.82) is 0 Å². The third-order valence-electron chi connectivity index (χ3n) is 7.56. The van der Waals surface area contributed by atoms with Crippen LogP contribution < -0.4 is 14.8 Å². The molecule has 2 N–H and O–H groups in total. The summed E-state index contributed by atoms with van der Waals surface area (Å²) < 4.78 is 41.6. The Morgan fingerprint density at radius 1 is 0.980 bits per heavy atom. The highest BCUT2D eigenvalue weighted by Crippen LogP contribution is 2.31. The molecule has 0 bridgehead atoms. The minimum Gasteiger partial charge on any atom is -0.467 e. The van der Waals surface area contributed by atoms with Crippen molar-refractivity contribution in [1.82, 2.24) is 14.5 Å². The number of amides is 1. The Hall–Kier alpha value is -5.37. The number of carbonyl (C=O) groups excluding carboxylic acids is 1. The molecule has 0 fully saturated rings. The number of furan rings is 1. The number of nitro groups is 1. The van der Waals surface area contributed by atoms with Gasteiger partial charge in [0.2, 0.25) is 0 Å². The molecule has 12 nitrogen and oxygen atoms in total. The Morgan fingerprint density at radius 2 is 1.71 bits per heavy atom. The van der Waals surface area contributed by atoms with Gasteiger partial charge in [0.1, 0.15) is 22.9 Å². The van der Waals surface area contributed by atoms with Gasteiger partial charge in [-0.15, -0.1) is 0 Å². The first-order valence-electron chi connectivity index (χ1n) is 14.7. The van der Waals surface area contributed by atoms with Gasteiger partial charge >= 0.3 is 0 Å². The topological polar surface area (TPSA) is 159 Å². The van der Waals surface area contributed by atoms with E-state index < -0.39 is 20.9 Å². The molecular formula is C34H27Cl2N5O7S. The fourth-order valence-electron chi connectivity index (χ4n) is 5.18. The van der Waals surface area contributed by atoms with Crippen molar-refractivity contribution in [3.63, 3.8) is 0 Å². The number of aromatic nitrogens is 2. The predicted octanol–water partition coefficient (Wildman–Crippen LogP) is 8.03. The predicted molar refractivity (Wildman–Crippen MR) is 185 cm³/mol. The van der Waals surface area contributed by atoms with Crippen LogP contribution in [0.25, 0.3) is 10.9 Å². The highest BCUT2D eigenvalue weighted by atomic mass is 35.5. The van der Waals surface area contributed by atoms with Crippen LogP contribution in [0.2, 0.25) is 10.0 Å². The van der Waals surface area contributed by atoms with E-state index in [0.29, 0.717) is 38.2 Å². The average molecular weight is 721 g/mol. The SMILES string of the molecule is Cc1cc(Oc2ccc(Cn3nc(C(=O)NS(=O)(=O)c4ccc([N+](=O)[O-])c(NCc5ccco5)c4)c4cc(Cl)ccc43)cc2)cc(C)c1Cl. The van der Waals surface area contributed by atoms with Crippen LogP contribution in [0.3, 0.4) is 0 Å². The molecule has 15 heteroatoms. The molecule has 0 saturated heterocycles. The van der Waals surface area contributed by atoms with E-state index in [0.717, 1.165) is 34.9 Å². The fourth-order valence-corrected chi connectivity index (χ4v) is 6.44. The van der Waals surface area contributed by atoms with Gasteiger partial charge in [-0.2, -0.15) is 5.10 Å². The number of aryl methyl sites for hydroxylation is 2. The molecule has 0 aliphatic carbocycles. The number of nitrogens with one attached hydrogen (secondary N) is 2. The first-order valence-corrected chi connectivity index (χ1v) is 16.9. The molecule has 4 aromatic carbocycles. The van der Waals surface area contributed by atoms with Crippen molar-refractivity contribution in [2.45, 2.75) is 31.8 Å². The zero-order valence-electron chi connectivity index (χ0n) is 25.9. The van der Waals surface area contributed by atoms with Gasteiger partial charge in [-0.1, -0.05) is 35.3 Å². The molecule has 0 radical (unpaired) electrons. The number of anilines is 1. The van der Waals surface area contributed by atoms with E-state index in [2.05, 4.69) is 10.4 Å². The second-order valence-corrected chi connectivity index (χ2v) is 13.6. The Balaban J connectivity index is 1.23. The van der Waals surface area contributed by atoms with Gasteiger partial charge in [0.25, 0.3) is 21.6 Å². The van der Waals surface area contributed by atoms with E-state index in [-0.39, 0.29) is 35.1 Å². The van der Waals surface area contributed by atoms with Crippen molar-refractivity contribution in [2.24, 2.45) is 0 Å². The van der Waals surface area contributed by atoms with Gasteiger partial charge in [-0.25, -0.2) is 13.1 Å². The molecule has 0 aliphatic heterocycles. The minimum atomic E-state index is -4.50. The van der Waals surface area contributed by atoms with Crippen molar-refractivity contribution in [3.8, 4) is 11.5 Å². The normalized spacial score (nSPS) is 11.4. The van der Waals surface area contributed by atoms with Crippen LogP contribution in [0.4, 0.5) is 11.4 Å². The zero-order chi connectivity index (χ0) is 34.9. The maximum atomic E-state index is 13.5. The summed E-state index contributed by atoms with van der Waals surface area (Å²) in [6.07, 6.45) is 1.44. The second kappa shape index (κ2) is 13.6. The Bertz CT molecular complexity index is 2300. The molecule has 0 spiro atoms. The van der Waals surface area contributed by atoms with Crippen molar-refractivity contribution >= 4 is 61.4 Å². The van der Waals surface area contributed by atoms with E-state index in [1.807, 2.05) is 42.8 Å². The molecule has 2 heterocycles. The molecule has 0 unspecified atom stereocenters. The largest absolute Gasteiger partial charge is 0.467 e. The summed E-state index contributed by atoms with van der Waals surface area (Å²) in [5.41, 5.74) is 2.57. The van der Waals surface area contributed by atoms with E-state index in [4.69, 9.17) is 32.4 Å². The molecule has 250 valence electrons. The highest BCUT2D eigenvalue weighted by Gasteiger charge is 2.26. The smallest absolute Gasteiger partial charge is 0.292 e. The van der Waals surface area contributed by atoms with Crippen LogP contribution in [0, 0.1) is 24.0 Å². The third kappa shape index (κ3) is 7.38. The number of rotatable bonds is 11. The van der Waals surface area contributed by atoms with Gasteiger partial charge in [-0.3, -0.25) is 19.6 Å². The van der Waals surface area contributed by atoms with Crippen LogP contribution in [-0.2, 0) is 23.1 Å². The van der Waals surface area contributed by atoms with Gasteiger partial charge in [0.15, 0.2) is 5.69 Å². The number of halogens is 2. The number of nitrogens with zero attached hydrogens (tertiary/aromatic N) is 3. The summed E-state index contributed by atoms with van der Waals surface area (Å²) in [7, 11) is -4.50. The lowest BCUT2D eigenvalue weighted by molar-refractivity contribution is -0.384. The van der Waals surface area contributed by atoms with E-state index >= 15 is 0 Å². The number of hydrogen-bond donors (Lipinski definition) is 2. The summed E-state index contributed by atoms with van der Waals surface area (Å²) >= 11 is 12.5. The number of carbonyl (C=O) groups is 1. The van der Waals surface area contributed by atoms with Gasteiger partial charge in [0.05, 0.1) is 34.7 Å². The summed E-state index contributed by atoms with van der Waals surface area (Å²) in [5, 5.41) is 20.2. The molecule has 0 saturated carbocycles. The maximum absolute atomic E-state index is 13.5. The summed E-state index contributed by atoms with van der Waals surface area (Å²) in [5.74, 6) is 0.733. The molecule has 49 heavy (non-hydrogen) atoms. The standard InChI is InChI=1S/C34H27Cl2N5O7S/c1-20-14-26(15-21(2)32(20)36)48-24-8-5-22(6-9-24)19-40-30-11-7-23(35)16-28(30)33(38-40)34(42)39-49(45,46)27-10-12-31(41(43)44)29(17-27)37-18-25-4-3-13-47-25/h3-17,37H,18-19H2,1-2H3,(H,39,42). The quantitative estimate of drug-likeness (QED) is 0.0998. The van der Waals surface area contributed by atoms with Crippen molar-refractivity contribution < 1.29 is 27.3 Å². The Kier molecular flexibility index (Phi) is 9.32. The number of hydrogen-bond acceptors (Lipinski definition) is 9. The summed E-state index contributed by atoms with van der Waals surface area (Å²) in [6.45, 7) is 4.12. The van der Waals surface area contributed by atoms with Gasteiger partial charge < -0.3 is 14.5 Å². The lowest BCUT2D eigenvalue weighted by atomic mass is 10.1. The van der Waals surface area contributed by atoms with Crippen LogP contribution in [-0.4, -0.2) is 29.0 Å². The fraction of sp³-hybridized carbons (Fsp3) is 0.118. The van der Waals surface area contributed by atoms with Crippen LogP contribution >= 0.6 is 23.2 Å². The lowest BCUT2D eigenvalue weighted by Crippen LogP contribution is -2.31. The summed E-state index contributed by atoms with van der Waals surface area (Å²) in [6, 6.07) is 22.4. The molecule has 1 amide bonds. The van der Waals surface area contributed by atoms with Gasteiger partial charge in [0, 0.05) is 21.5 Å². The lowest BCUT2D eigenvalue weighted by Gasteiger charge is -2.10. The van der Waals surface area contributed by atoms with Crippen LogP contribution in [0.15, 0.2) is 101 Å². The molecule has 0 aliphatic rings. The number of sulfonamides is 1. The zero-order valence-corrected chi connectivity index (χ0v) is 28.3. The first kappa shape index (κ1) is 33.5. The van der Waals surface area contributed by atoms with Crippen LogP contribution in [0.5, 0.6) is 11.5 Å². The van der Waals surface area contributed by atoms with E-state index in [9.17, 15) is 23.3 Å². The molecular weight excluding hydrogens is 693 g/mol. The minimum absolute atomic E-state index is 0.0609. The maximum Gasteiger partial charge on any atom is 0.292 e. The molecule has 6 aromatic rings. The number of nitro benzene ring substituents is 1. The Morgan fingerprint density at radius 3 is 2.39 bits per heavy atom. The summed E-state index contributed by atoms with van der Waals surface area (Å²) in [4.78, 5) is 24.1. The number of benzene rings is 4. The highest BCUT2D eigenvalue weighted by molar-refractivity contribution is 7.90. The van der Waals surface area contributed by atoms with Gasteiger partial charge in [-0.05, 0) is 97.3 Å². The third-order valence-corrected chi connectivity index (χ3v) is 9.72. The Labute approximate surface area is 290 Å². The monoisotopic (exact) mass is 719 g/mol. The first-order chi connectivity index (χ1) is 23.4. The molecule has 6 rings (SSSR count). The second-order valence-electron chi connectivity index (χ2n) is 11.1. The molecule has 2 aromatic heterocycles. The molecule has 0 atom stereocenters. The van der Waals surface area contributed by atoms with Crippen LogP contribution in [0.1, 0.15) is 32.9 Å². The van der Waals surface area contributed by atoms with Crippen molar-refractivity contribution in [2.75, 3.05) is 5.32 Å². The average Bonchev–Trinajstić information content (AvgIpc) is 3.71. The van der Waals surface area contributed by atoms with E-state index in [1.165, 1.54) is 12.3 Å². The number of ether oxygens (including phenoxy) is 1.